The van der Waals surface area contributed by atoms with Crippen LogP contribution >= 0.6 is 23.4 Å². The summed E-state index contributed by atoms with van der Waals surface area (Å²) in [6.45, 7) is -0.515. The smallest absolute Gasteiger partial charge is 0.338 e. The monoisotopic (exact) mass is 377 g/mol. The van der Waals surface area contributed by atoms with Crippen molar-refractivity contribution in [2.45, 2.75) is 11.3 Å². The molecule has 0 aliphatic rings. The zero-order valence-corrected chi connectivity index (χ0v) is 14.8. The summed E-state index contributed by atoms with van der Waals surface area (Å²) in [6, 6.07) is 15.7. The van der Waals surface area contributed by atoms with Gasteiger partial charge in [-0.05, 0) is 36.4 Å². The summed E-state index contributed by atoms with van der Waals surface area (Å²) < 4.78 is 4.85. The van der Waals surface area contributed by atoms with Gasteiger partial charge >= 0.3 is 5.97 Å². The number of benzene rings is 2. The standard InChI is InChI=1S/C18H16ClNO4S/c19-14-8-6-13(7-9-14)18(23)24-12-17(22)20-16(21)10-11-25-15-4-2-1-3-5-15/h1-9H,10-12H2,(H,20,21,22). The molecule has 0 atom stereocenters. The van der Waals surface area contributed by atoms with Gasteiger partial charge in [0.05, 0.1) is 5.56 Å². The highest BCUT2D eigenvalue weighted by molar-refractivity contribution is 7.99. The minimum atomic E-state index is -0.656. The maximum atomic E-state index is 11.7. The van der Waals surface area contributed by atoms with Gasteiger partial charge in [-0.2, -0.15) is 0 Å². The molecule has 2 aromatic rings. The molecule has 0 heterocycles. The van der Waals surface area contributed by atoms with Crippen LogP contribution in [0.5, 0.6) is 0 Å². The lowest BCUT2D eigenvalue weighted by Gasteiger charge is -2.06. The number of nitrogens with one attached hydrogen (secondary N) is 1. The van der Waals surface area contributed by atoms with Gasteiger partial charge in [-0.3, -0.25) is 14.9 Å². The van der Waals surface area contributed by atoms with Crippen molar-refractivity contribution in [3.05, 3.63) is 65.2 Å². The molecule has 0 aliphatic heterocycles. The van der Waals surface area contributed by atoms with Gasteiger partial charge in [0, 0.05) is 22.1 Å². The van der Waals surface area contributed by atoms with Gasteiger partial charge in [-0.15, -0.1) is 11.8 Å². The van der Waals surface area contributed by atoms with Gasteiger partial charge in [0.25, 0.3) is 5.91 Å². The number of halogens is 1. The Morgan fingerprint density at radius 2 is 1.64 bits per heavy atom. The first-order chi connectivity index (χ1) is 12.0. The van der Waals surface area contributed by atoms with E-state index in [1.807, 2.05) is 30.3 Å². The number of esters is 1. The molecule has 2 aromatic carbocycles. The third-order valence-electron chi connectivity index (χ3n) is 3.03. The SMILES string of the molecule is O=C(CCSc1ccccc1)NC(=O)COC(=O)c1ccc(Cl)cc1. The van der Waals surface area contributed by atoms with Crippen molar-refractivity contribution in [3.63, 3.8) is 0 Å². The number of carbonyl (C=O) groups excluding carboxylic acids is 3. The van der Waals surface area contributed by atoms with Crippen LogP contribution in [0.25, 0.3) is 0 Å². The number of carbonyl (C=O) groups is 3. The van der Waals surface area contributed by atoms with Crippen LogP contribution in [0.1, 0.15) is 16.8 Å². The Morgan fingerprint density at radius 1 is 0.960 bits per heavy atom. The van der Waals surface area contributed by atoms with E-state index in [4.69, 9.17) is 16.3 Å². The topological polar surface area (TPSA) is 72.5 Å². The minimum Gasteiger partial charge on any atom is -0.452 e. The molecule has 0 unspecified atom stereocenters. The largest absolute Gasteiger partial charge is 0.452 e. The molecule has 2 amide bonds. The summed E-state index contributed by atoms with van der Waals surface area (Å²) in [7, 11) is 0. The Labute approximate surface area is 154 Å². The van der Waals surface area contributed by atoms with Crippen molar-refractivity contribution in [1.82, 2.24) is 5.32 Å². The van der Waals surface area contributed by atoms with Crippen molar-refractivity contribution in [2.24, 2.45) is 0 Å². The second kappa shape index (κ2) is 9.86. The molecule has 0 saturated carbocycles. The van der Waals surface area contributed by atoms with E-state index in [9.17, 15) is 14.4 Å². The minimum absolute atomic E-state index is 0.191. The maximum absolute atomic E-state index is 11.7. The highest BCUT2D eigenvalue weighted by Gasteiger charge is 2.12. The lowest BCUT2D eigenvalue weighted by atomic mass is 10.2. The number of thioether (sulfide) groups is 1. The van der Waals surface area contributed by atoms with Crippen LogP contribution in [0.4, 0.5) is 0 Å². The maximum Gasteiger partial charge on any atom is 0.338 e. The van der Waals surface area contributed by atoms with E-state index in [0.717, 1.165) is 4.90 Å². The van der Waals surface area contributed by atoms with Crippen LogP contribution in [0.2, 0.25) is 5.02 Å². The fourth-order valence-corrected chi connectivity index (χ4v) is 2.83. The summed E-state index contributed by atoms with van der Waals surface area (Å²) in [6.07, 6.45) is 0.191. The highest BCUT2D eigenvalue weighted by atomic mass is 35.5. The van der Waals surface area contributed by atoms with Crippen LogP contribution in [0, 0.1) is 0 Å². The zero-order valence-electron chi connectivity index (χ0n) is 13.2. The first kappa shape index (κ1) is 19.0. The van der Waals surface area contributed by atoms with Gasteiger partial charge in [-0.25, -0.2) is 4.79 Å². The first-order valence-corrected chi connectivity index (χ1v) is 8.84. The van der Waals surface area contributed by atoms with Crippen molar-refractivity contribution < 1.29 is 19.1 Å². The first-order valence-electron chi connectivity index (χ1n) is 7.48. The normalized spacial score (nSPS) is 10.1. The van der Waals surface area contributed by atoms with Gasteiger partial charge in [0.1, 0.15) is 0 Å². The Hall–Kier alpha value is -2.31. The summed E-state index contributed by atoms with van der Waals surface area (Å²) in [5, 5.41) is 2.69. The fourth-order valence-electron chi connectivity index (χ4n) is 1.83. The number of ether oxygens (including phenoxy) is 1. The number of imide groups is 1. The quantitative estimate of drug-likeness (QED) is 0.592. The number of hydrogen-bond acceptors (Lipinski definition) is 5. The molecule has 5 nitrogen and oxygen atoms in total. The van der Waals surface area contributed by atoms with Crippen molar-refractivity contribution in [2.75, 3.05) is 12.4 Å². The van der Waals surface area contributed by atoms with E-state index in [0.29, 0.717) is 10.8 Å². The average Bonchev–Trinajstić information content (AvgIpc) is 2.61. The molecule has 0 aromatic heterocycles. The molecule has 2 rings (SSSR count). The van der Waals surface area contributed by atoms with Gasteiger partial charge in [0.15, 0.2) is 6.61 Å². The molecule has 7 heteroatoms. The molecular formula is C18H16ClNO4S. The molecule has 0 bridgehead atoms. The van der Waals surface area contributed by atoms with Crippen LogP contribution in [0.15, 0.2) is 59.5 Å². The van der Waals surface area contributed by atoms with Crippen LogP contribution < -0.4 is 5.32 Å². The summed E-state index contributed by atoms with van der Waals surface area (Å²) in [5.41, 5.74) is 0.280. The molecular weight excluding hydrogens is 362 g/mol. The van der Waals surface area contributed by atoms with Crippen LogP contribution in [-0.4, -0.2) is 30.1 Å². The molecule has 0 aliphatic carbocycles. The van der Waals surface area contributed by atoms with Crippen molar-refractivity contribution in [3.8, 4) is 0 Å². The zero-order chi connectivity index (χ0) is 18.1. The Balaban J connectivity index is 1.66. The molecule has 0 spiro atoms. The molecule has 25 heavy (non-hydrogen) atoms. The lowest BCUT2D eigenvalue weighted by Crippen LogP contribution is -2.34. The third kappa shape index (κ3) is 6.99. The predicted molar refractivity (Wildman–Crippen MR) is 96.7 cm³/mol. The van der Waals surface area contributed by atoms with Gasteiger partial charge in [0.2, 0.25) is 5.91 Å². The van der Waals surface area contributed by atoms with Gasteiger partial charge in [-0.1, -0.05) is 29.8 Å². The summed E-state index contributed by atoms with van der Waals surface area (Å²) >= 11 is 7.25. The van der Waals surface area contributed by atoms with E-state index < -0.39 is 24.4 Å². The second-order valence-electron chi connectivity index (χ2n) is 4.97. The highest BCUT2D eigenvalue weighted by Crippen LogP contribution is 2.17. The third-order valence-corrected chi connectivity index (χ3v) is 4.30. The number of rotatable bonds is 7. The summed E-state index contributed by atoms with van der Waals surface area (Å²) in [5.74, 6) is -1.17. The molecule has 0 saturated heterocycles. The van der Waals surface area contributed by atoms with E-state index in [2.05, 4.69) is 5.32 Å². The van der Waals surface area contributed by atoms with E-state index in [1.165, 1.54) is 23.9 Å². The fraction of sp³-hybridized carbons (Fsp3) is 0.167. The number of amides is 2. The summed E-state index contributed by atoms with van der Waals surface area (Å²) in [4.78, 5) is 36.1. The number of hydrogen-bond donors (Lipinski definition) is 1. The molecule has 0 radical (unpaired) electrons. The lowest BCUT2D eigenvalue weighted by molar-refractivity contribution is -0.132. The Morgan fingerprint density at radius 3 is 2.32 bits per heavy atom. The van der Waals surface area contributed by atoms with Crippen molar-refractivity contribution in [1.29, 1.82) is 0 Å². The van der Waals surface area contributed by atoms with Crippen LogP contribution in [-0.2, 0) is 14.3 Å². The molecule has 130 valence electrons. The molecule has 1 N–H and O–H groups in total. The predicted octanol–water partition coefficient (Wildman–Crippen LogP) is 3.32. The van der Waals surface area contributed by atoms with Gasteiger partial charge < -0.3 is 4.74 Å². The molecule has 0 fully saturated rings. The second-order valence-corrected chi connectivity index (χ2v) is 6.57. The Bertz CT molecular complexity index is 735. The van der Waals surface area contributed by atoms with E-state index in [1.54, 1.807) is 12.1 Å². The Kier molecular flexibility index (Phi) is 7.50. The average molecular weight is 378 g/mol. The van der Waals surface area contributed by atoms with Crippen LogP contribution in [0.3, 0.4) is 0 Å². The van der Waals surface area contributed by atoms with Crippen molar-refractivity contribution >= 4 is 41.1 Å². The van der Waals surface area contributed by atoms with E-state index in [-0.39, 0.29) is 12.0 Å². The van der Waals surface area contributed by atoms with E-state index >= 15 is 0 Å².